The molecule has 0 aromatic rings. The van der Waals surface area contributed by atoms with Crippen LogP contribution in [0.3, 0.4) is 0 Å². The van der Waals surface area contributed by atoms with Crippen LogP contribution < -0.4 is 0 Å². The van der Waals surface area contributed by atoms with Crippen LogP contribution in [0, 0.1) is 0 Å². The average molecular weight is 400 g/mol. The second-order valence-electron chi connectivity index (χ2n) is 8.42. The van der Waals surface area contributed by atoms with Crippen LogP contribution in [0.25, 0.3) is 0 Å². The van der Waals surface area contributed by atoms with Gasteiger partial charge in [0, 0.05) is 18.8 Å². The molecule has 0 aromatic heterocycles. The molecule has 0 aliphatic rings. The molecular weight excluding hydrogens is 346 g/mol. The Hall–Kier alpha value is 0.310. The van der Waals surface area contributed by atoms with Crippen molar-refractivity contribution in [3.05, 3.63) is 0 Å². The van der Waals surface area contributed by atoms with Gasteiger partial charge in [0.15, 0.2) is 0 Å². The Morgan fingerprint density at radius 1 is 0.407 bits per heavy atom. The molecule has 0 N–H and O–H groups in total. The van der Waals surface area contributed by atoms with Crippen molar-refractivity contribution >= 4 is 11.9 Å². The zero-order chi connectivity index (χ0) is 19.8. The lowest BCUT2D eigenvalue weighted by Crippen LogP contribution is -2.19. The van der Waals surface area contributed by atoms with Crippen molar-refractivity contribution in [2.75, 3.05) is 18.8 Å². The molecule has 0 aliphatic carbocycles. The minimum absolute atomic E-state index is 1.32. The first-order valence-electron chi connectivity index (χ1n) is 12.7. The largest absolute Gasteiger partial charge is 0.251 e. The Morgan fingerprint density at radius 2 is 0.741 bits per heavy atom. The van der Waals surface area contributed by atoms with Crippen LogP contribution in [-0.4, -0.2) is 23.1 Å². The maximum atomic E-state index is 2.72. The molecule has 0 amide bonds. The van der Waals surface area contributed by atoms with Crippen molar-refractivity contribution in [3.8, 4) is 0 Å². The minimum atomic E-state index is 1.32. The van der Waals surface area contributed by atoms with Gasteiger partial charge < -0.3 is 0 Å². The van der Waals surface area contributed by atoms with E-state index in [1.165, 1.54) is 141 Å². The minimum Gasteiger partial charge on any atom is -0.251 e. The normalized spacial score (nSPS) is 11.6. The number of hydrogen-bond acceptors (Lipinski definition) is 2. The van der Waals surface area contributed by atoms with Gasteiger partial charge in [-0.3, -0.25) is 4.31 Å². The first-order valence-corrected chi connectivity index (χ1v) is 13.7. The molecule has 0 unspecified atom stereocenters. The van der Waals surface area contributed by atoms with Crippen LogP contribution in [0.2, 0.25) is 0 Å². The summed E-state index contributed by atoms with van der Waals surface area (Å²) in [6.07, 6.45) is 27.0. The molecule has 0 spiro atoms. The third-order valence-corrected chi connectivity index (χ3v) is 6.75. The van der Waals surface area contributed by atoms with E-state index in [1.807, 2.05) is 0 Å². The smallest absolute Gasteiger partial charge is 0.00893 e. The Morgan fingerprint density at radius 3 is 1.15 bits per heavy atom. The first kappa shape index (κ1) is 27.3. The van der Waals surface area contributed by atoms with Crippen LogP contribution in [0.1, 0.15) is 143 Å². The van der Waals surface area contributed by atoms with Gasteiger partial charge in [-0.1, -0.05) is 135 Å². The molecule has 0 saturated carbocycles. The van der Waals surface area contributed by atoms with E-state index >= 15 is 0 Å². The van der Waals surface area contributed by atoms with Crippen molar-refractivity contribution in [3.63, 3.8) is 0 Å². The zero-order valence-electron chi connectivity index (χ0n) is 19.4. The lowest BCUT2D eigenvalue weighted by molar-refractivity contribution is 0.423. The van der Waals surface area contributed by atoms with Crippen molar-refractivity contribution in [1.82, 2.24) is 4.31 Å². The van der Waals surface area contributed by atoms with Gasteiger partial charge in [-0.2, -0.15) is 0 Å². The van der Waals surface area contributed by atoms with E-state index in [-0.39, 0.29) is 0 Å². The Kier molecular flexibility index (Phi) is 24.6. The Labute approximate surface area is 178 Å². The second kappa shape index (κ2) is 24.3. The Balaban J connectivity index is 3.77. The van der Waals surface area contributed by atoms with Crippen LogP contribution in [0.15, 0.2) is 0 Å². The number of nitrogens with zero attached hydrogens (tertiary/aromatic N) is 1. The lowest BCUT2D eigenvalue weighted by atomic mass is 10.1. The van der Waals surface area contributed by atoms with Crippen LogP contribution in [0.5, 0.6) is 0 Å². The fourth-order valence-corrected chi connectivity index (χ4v) is 4.74. The molecule has 0 saturated heterocycles. The summed E-state index contributed by atoms with van der Waals surface area (Å²) < 4.78 is 2.72. The molecule has 0 radical (unpaired) electrons. The topological polar surface area (TPSA) is 3.24 Å². The summed E-state index contributed by atoms with van der Waals surface area (Å²) in [5.41, 5.74) is 0. The maximum Gasteiger partial charge on any atom is 0.00893 e. The summed E-state index contributed by atoms with van der Waals surface area (Å²) in [7, 11) is 0. The van der Waals surface area contributed by atoms with Gasteiger partial charge in [0.1, 0.15) is 0 Å². The third kappa shape index (κ3) is 22.5. The molecule has 0 aromatic carbocycles. The molecule has 0 aliphatic heterocycles. The van der Waals surface area contributed by atoms with Gasteiger partial charge in [0.2, 0.25) is 0 Å². The fourth-order valence-electron chi connectivity index (χ4n) is 3.63. The molecule has 164 valence electrons. The molecule has 0 atom stereocenters. The van der Waals surface area contributed by atoms with E-state index in [9.17, 15) is 0 Å². The zero-order valence-corrected chi connectivity index (χ0v) is 20.2. The molecule has 27 heavy (non-hydrogen) atoms. The maximum absolute atomic E-state index is 2.72. The van der Waals surface area contributed by atoms with Crippen LogP contribution >= 0.6 is 11.9 Å². The molecule has 0 heterocycles. The van der Waals surface area contributed by atoms with Crippen LogP contribution in [0.4, 0.5) is 0 Å². The van der Waals surface area contributed by atoms with Crippen molar-refractivity contribution in [2.45, 2.75) is 143 Å². The van der Waals surface area contributed by atoms with E-state index in [0.29, 0.717) is 0 Å². The molecular formula is C25H53NS. The summed E-state index contributed by atoms with van der Waals surface area (Å²) in [5, 5.41) is 0. The number of rotatable bonds is 23. The molecule has 0 rings (SSSR count). The average Bonchev–Trinajstić information content (AvgIpc) is 2.68. The monoisotopic (exact) mass is 399 g/mol. The van der Waals surface area contributed by atoms with E-state index < -0.39 is 0 Å². The number of hydrogen-bond donors (Lipinski definition) is 0. The highest BCUT2D eigenvalue weighted by atomic mass is 32.2. The Bertz CT molecular complexity index is 241. The molecule has 1 nitrogen and oxygen atoms in total. The van der Waals surface area contributed by atoms with Gasteiger partial charge >= 0.3 is 0 Å². The SMILES string of the molecule is CCCCCCCCCCN(CCCCCCCC)SCCCCCCC. The summed E-state index contributed by atoms with van der Waals surface area (Å²) in [6, 6.07) is 0. The van der Waals surface area contributed by atoms with Crippen molar-refractivity contribution < 1.29 is 0 Å². The summed E-state index contributed by atoms with van der Waals surface area (Å²) in [4.78, 5) is 0. The highest BCUT2D eigenvalue weighted by Crippen LogP contribution is 2.18. The van der Waals surface area contributed by atoms with Gasteiger partial charge in [-0.15, -0.1) is 0 Å². The quantitative estimate of drug-likeness (QED) is 0.124. The lowest BCUT2D eigenvalue weighted by Gasteiger charge is -2.21. The highest BCUT2D eigenvalue weighted by molar-refractivity contribution is 7.97. The van der Waals surface area contributed by atoms with Crippen LogP contribution in [-0.2, 0) is 0 Å². The van der Waals surface area contributed by atoms with Gasteiger partial charge in [-0.05, 0) is 19.3 Å². The fraction of sp³-hybridized carbons (Fsp3) is 1.00. The van der Waals surface area contributed by atoms with Gasteiger partial charge in [-0.25, -0.2) is 0 Å². The summed E-state index contributed by atoms with van der Waals surface area (Å²) in [6.45, 7) is 9.56. The molecule has 0 bridgehead atoms. The highest BCUT2D eigenvalue weighted by Gasteiger charge is 2.05. The van der Waals surface area contributed by atoms with Crippen molar-refractivity contribution in [2.24, 2.45) is 0 Å². The van der Waals surface area contributed by atoms with Gasteiger partial charge in [0.25, 0.3) is 0 Å². The van der Waals surface area contributed by atoms with E-state index in [1.54, 1.807) is 0 Å². The predicted molar refractivity (Wildman–Crippen MR) is 129 cm³/mol. The number of unbranched alkanes of at least 4 members (excludes halogenated alkanes) is 16. The summed E-state index contributed by atoms with van der Waals surface area (Å²) in [5.74, 6) is 1.34. The standard InChI is InChI=1S/C25H53NS/c1-4-7-10-13-15-16-18-21-24-26(23-20-17-14-11-8-5-2)27-25-22-19-12-9-6-3/h4-25H2,1-3H3. The second-order valence-corrected chi connectivity index (χ2v) is 9.60. The van der Waals surface area contributed by atoms with Gasteiger partial charge in [0.05, 0.1) is 0 Å². The van der Waals surface area contributed by atoms with E-state index in [0.717, 1.165) is 0 Å². The summed E-state index contributed by atoms with van der Waals surface area (Å²) >= 11 is 2.16. The van der Waals surface area contributed by atoms with E-state index in [2.05, 4.69) is 37.0 Å². The third-order valence-electron chi connectivity index (χ3n) is 5.54. The van der Waals surface area contributed by atoms with Crippen molar-refractivity contribution in [1.29, 1.82) is 0 Å². The molecule has 0 fully saturated rings. The predicted octanol–water partition coefficient (Wildman–Crippen LogP) is 9.41. The molecule has 2 heteroatoms. The van der Waals surface area contributed by atoms with E-state index in [4.69, 9.17) is 0 Å². The first-order chi connectivity index (χ1) is 13.3.